The molecule has 0 aliphatic rings. The van der Waals surface area contributed by atoms with Crippen LogP contribution in [0.25, 0.3) is 0 Å². The first-order chi connectivity index (χ1) is 6.84. The molecule has 1 rings (SSSR count). The fourth-order valence-electron chi connectivity index (χ4n) is 1.70. The van der Waals surface area contributed by atoms with Crippen LogP contribution in [0.3, 0.4) is 0 Å². The van der Waals surface area contributed by atoms with E-state index in [1.54, 1.807) is 0 Å². The third-order valence-electron chi connectivity index (χ3n) is 2.68. The molecule has 0 saturated heterocycles. The third kappa shape index (κ3) is 3.95. The van der Waals surface area contributed by atoms with Crippen molar-refractivity contribution in [2.45, 2.75) is 58.9 Å². The van der Waals surface area contributed by atoms with Gasteiger partial charge in [-0.3, -0.25) is 0 Å². The molecule has 1 aromatic rings. The van der Waals surface area contributed by atoms with Gasteiger partial charge in [0.25, 0.3) is 0 Å². The van der Waals surface area contributed by atoms with Crippen molar-refractivity contribution in [3.8, 4) is 0 Å². The first-order valence-electron chi connectivity index (χ1n) is 5.82. The quantitative estimate of drug-likeness (QED) is 0.607. The van der Waals surface area contributed by atoms with Crippen molar-refractivity contribution in [3.05, 3.63) is 18.2 Å². The Hall–Kier alpha value is -0.790. The highest BCUT2D eigenvalue weighted by Crippen LogP contribution is 2.06. The fourth-order valence-corrected chi connectivity index (χ4v) is 1.70. The second-order valence-electron chi connectivity index (χ2n) is 3.94. The average molecular weight is 194 g/mol. The van der Waals surface area contributed by atoms with Crippen LogP contribution >= 0.6 is 0 Å². The molecule has 0 bridgehead atoms. The van der Waals surface area contributed by atoms with Crippen LogP contribution in [-0.2, 0) is 6.54 Å². The van der Waals surface area contributed by atoms with Gasteiger partial charge in [-0.2, -0.15) is 0 Å². The number of unbranched alkanes of at least 4 members (excludes halogenated alkanes) is 5. The van der Waals surface area contributed by atoms with Gasteiger partial charge in [-0.1, -0.05) is 39.0 Å². The number of imidazole rings is 1. The van der Waals surface area contributed by atoms with Gasteiger partial charge in [-0.05, 0) is 13.3 Å². The molecule has 0 aliphatic heterocycles. The first-order valence-corrected chi connectivity index (χ1v) is 5.82. The molecule has 0 amide bonds. The van der Waals surface area contributed by atoms with Crippen molar-refractivity contribution >= 4 is 0 Å². The number of nitrogens with zero attached hydrogens (tertiary/aromatic N) is 2. The van der Waals surface area contributed by atoms with Crippen LogP contribution < -0.4 is 0 Å². The number of hydrogen-bond acceptors (Lipinski definition) is 1. The van der Waals surface area contributed by atoms with Gasteiger partial charge in [0.1, 0.15) is 5.82 Å². The Morgan fingerprint density at radius 3 is 2.50 bits per heavy atom. The summed E-state index contributed by atoms with van der Waals surface area (Å²) in [5.41, 5.74) is 0. The molecule has 0 atom stereocenters. The first kappa shape index (κ1) is 11.3. The van der Waals surface area contributed by atoms with Gasteiger partial charge in [0.2, 0.25) is 0 Å². The summed E-state index contributed by atoms with van der Waals surface area (Å²) in [6.45, 7) is 5.46. The van der Waals surface area contributed by atoms with E-state index in [4.69, 9.17) is 0 Å². The molecule has 1 heterocycles. The fraction of sp³-hybridized carbons (Fsp3) is 0.750. The molecule has 1 aromatic heterocycles. The van der Waals surface area contributed by atoms with E-state index < -0.39 is 0 Å². The van der Waals surface area contributed by atoms with Crippen LogP contribution in [0.5, 0.6) is 0 Å². The van der Waals surface area contributed by atoms with E-state index in [0.717, 1.165) is 12.4 Å². The van der Waals surface area contributed by atoms with Crippen molar-refractivity contribution in [3.63, 3.8) is 0 Å². The van der Waals surface area contributed by atoms with Gasteiger partial charge in [0, 0.05) is 18.9 Å². The summed E-state index contributed by atoms with van der Waals surface area (Å²) in [6, 6.07) is 0. The summed E-state index contributed by atoms with van der Waals surface area (Å²) in [5, 5.41) is 0. The molecule has 2 nitrogen and oxygen atoms in total. The van der Waals surface area contributed by atoms with Crippen LogP contribution in [0.15, 0.2) is 12.4 Å². The Balaban J connectivity index is 2.02. The lowest BCUT2D eigenvalue weighted by molar-refractivity contribution is 0.551. The number of aromatic nitrogens is 2. The molecule has 2 heteroatoms. The molecule has 0 N–H and O–H groups in total. The Kier molecular flexibility index (Phi) is 5.35. The number of aryl methyl sites for hydroxylation is 2. The highest BCUT2D eigenvalue weighted by atomic mass is 15.0. The van der Waals surface area contributed by atoms with Crippen molar-refractivity contribution in [2.75, 3.05) is 0 Å². The largest absolute Gasteiger partial charge is 0.335 e. The summed E-state index contributed by atoms with van der Waals surface area (Å²) in [6.07, 6.45) is 12.1. The second-order valence-corrected chi connectivity index (χ2v) is 3.94. The summed E-state index contributed by atoms with van der Waals surface area (Å²) < 4.78 is 2.24. The van der Waals surface area contributed by atoms with E-state index in [1.807, 2.05) is 6.20 Å². The minimum atomic E-state index is 1.14. The van der Waals surface area contributed by atoms with Gasteiger partial charge in [0.15, 0.2) is 0 Å². The van der Waals surface area contributed by atoms with E-state index in [9.17, 15) is 0 Å². The predicted octanol–water partition coefficient (Wildman–Crippen LogP) is 3.55. The van der Waals surface area contributed by atoms with Gasteiger partial charge >= 0.3 is 0 Å². The minimum absolute atomic E-state index is 1.14. The lowest BCUT2D eigenvalue weighted by atomic mass is 10.1. The third-order valence-corrected chi connectivity index (χ3v) is 2.68. The number of rotatable bonds is 7. The zero-order chi connectivity index (χ0) is 10.2. The van der Waals surface area contributed by atoms with Crippen molar-refractivity contribution in [1.82, 2.24) is 9.55 Å². The summed E-state index contributed by atoms with van der Waals surface area (Å²) in [4.78, 5) is 4.21. The summed E-state index contributed by atoms with van der Waals surface area (Å²) in [5.74, 6) is 1.14. The monoisotopic (exact) mass is 194 g/mol. The molecular weight excluding hydrogens is 172 g/mol. The Bertz CT molecular complexity index is 240. The molecule has 80 valence electrons. The highest BCUT2D eigenvalue weighted by Gasteiger charge is 1.95. The Morgan fingerprint density at radius 2 is 1.86 bits per heavy atom. The second kappa shape index (κ2) is 6.63. The van der Waals surface area contributed by atoms with Crippen LogP contribution in [-0.4, -0.2) is 9.55 Å². The van der Waals surface area contributed by atoms with Crippen molar-refractivity contribution in [1.29, 1.82) is 0 Å². The molecule has 0 spiro atoms. The van der Waals surface area contributed by atoms with Gasteiger partial charge in [-0.25, -0.2) is 4.98 Å². The summed E-state index contributed by atoms with van der Waals surface area (Å²) in [7, 11) is 0. The Morgan fingerprint density at radius 1 is 1.14 bits per heavy atom. The van der Waals surface area contributed by atoms with Crippen LogP contribution in [0, 0.1) is 6.92 Å². The van der Waals surface area contributed by atoms with E-state index in [0.29, 0.717) is 0 Å². The topological polar surface area (TPSA) is 17.8 Å². The molecule has 0 saturated carbocycles. The van der Waals surface area contributed by atoms with Gasteiger partial charge in [-0.15, -0.1) is 0 Å². The van der Waals surface area contributed by atoms with Crippen LogP contribution in [0.2, 0.25) is 0 Å². The maximum atomic E-state index is 4.21. The Labute approximate surface area is 87.4 Å². The molecule has 0 aromatic carbocycles. The normalized spacial score (nSPS) is 10.7. The lowest BCUT2D eigenvalue weighted by Crippen LogP contribution is -1.98. The molecule has 0 aliphatic carbocycles. The predicted molar refractivity (Wildman–Crippen MR) is 60.3 cm³/mol. The smallest absolute Gasteiger partial charge is 0.105 e. The van der Waals surface area contributed by atoms with Gasteiger partial charge in [0.05, 0.1) is 0 Å². The molecule has 0 radical (unpaired) electrons. The molecule has 14 heavy (non-hydrogen) atoms. The zero-order valence-electron chi connectivity index (χ0n) is 9.50. The maximum Gasteiger partial charge on any atom is 0.105 e. The molecular formula is C12H22N2. The molecule has 0 unspecified atom stereocenters. The van der Waals surface area contributed by atoms with Crippen LogP contribution in [0.1, 0.15) is 51.3 Å². The average Bonchev–Trinajstić information content (AvgIpc) is 2.58. The maximum absolute atomic E-state index is 4.21. The van der Waals surface area contributed by atoms with E-state index in [1.165, 1.54) is 38.5 Å². The van der Waals surface area contributed by atoms with Crippen LogP contribution in [0.4, 0.5) is 0 Å². The summed E-state index contributed by atoms with van der Waals surface area (Å²) >= 11 is 0. The van der Waals surface area contributed by atoms with Gasteiger partial charge < -0.3 is 4.57 Å². The zero-order valence-corrected chi connectivity index (χ0v) is 9.50. The molecule has 0 fully saturated rings. The van der Waals surface area contributed by atoms with E-state index >= 15 is 0 Å². The SMILES string of the molecule is CCCCCCCCn1ccnc1C. The van der Waals surface area contributed by atoms with E-state index in [-0.39, 0.29) is 0 Å². The minimum Gasteiger partial charge on any atom is -0.335 e. The van der Waals surface area contributed by atoms with E-state index in [2.05, 4.69) is 29.6 Å². The van der Waals surface area contributed by atoms with Crippen molar-refractivity contribution < 1.29 is 0 Å². The number of hydrogen-bond donors (Lipinski definition) is 0. The highest BCUT2D eigenvalue weighted by molar-refractivity contribution is 4.87. The lowest BCUT2D eigenvalue weighted by Gasteiger charge is -2.04. The van der Waals surface area contributed by atoms with Crippen molar-refractivity contribution in [2.24, 2.45) is 0 Å². The standard InChI is InChI=1S/C12H22N2/c1-3-4-5-6-7-8-10-14-11-9-13-12(14)2/h9,11H,3-8,10H2,1-2H3.